The number of nitrogens with zero attached hydrogens (tertiary/aromatic N) is 2. The summed E-state index contributed by atoms with van der Waals surface area (Å²) in [5, 5.41) is 0. The average molecular weight is 360 g/mol. The highest BCUT2D eigenvalue weighted by Crippen LogP contribution is 2.15. The maximum atomic E-state index is 6.01. The number of unbranched alkanes of at least 4 members (excludes halogenated alkanes) is 9. The summed E-state index contributed by atoms with van der Waals surface area (Å²) in [6.45, 7) is 6.04. The fourth-order valence-electron chi connectivity index (χ4n) is 3.85. The number of para-hydroxylation sites is 2. The van der Waals surface area contributed by atoms with E-state index in [1.807, 2.05) is 0 Å². The fraction of sp³-hybridized carbons (Fsp3) is 0.696. The molecule has 26 heavy (non-hydrogen) atoms. The molecule has 0 aliphatic carbocycles. The lowest BCUT2D eigenvalue weighted by atomic mass is 10.1. The predicted molar refractivity (Wildman–Crippen MR) is 110 cm³/mol. The Morgan fingerprint density at radius 3 is 2.12 bits per heavy atom. The van der Waals surface area contributed by atoms with Crippen molar-refractivity contribution in [3.63, 3.8) is 0 Å². The van der Waals surface area contributed by atoms with Gasteiger partial charge in [0.25, 0.3) is 5.82 Å². The van der Waals surface area contributed by atoms with E-state index in [0.29, 0.717) is 6.73 Å². The van der Waals surface area contributed by atoms with Gasteiger partial charge in [-0.1, -0.05) is 83.8 Å². The second-order valence-corrected chi connectivity index (χ2v) is 7.46. The highest BCUT2D eigenvalue weighted by molar-refractivity contribution is 5.72. The summed E-state index contributed by atoms with van der Waals surface area (Å²) in [5.74, 6) is 1.33. The Kier molecular flexibility index (Phi) is 9.76. The number of ether oxygens (including phenoxy) is 1. The van der Waals surface area contributed by atoms with Gasteiger partial charge in [-0.05, 0) is 18.6 Å². The average Bonchev–Trinajstić information content (AvgIpc) is 2.94. The summed E-state index contributed by atoms with van der Waals surface area (Å²) < 4.78 is 10.6. The molecule has 0 atom stereocenters. The molecule has 3 nitrogen and oxygen atoms in total. The van der Waals surface area contributed by atoms with E-state index >= 15 is 0 Å². The van der Waals surface area contributed by atoms with Crippen molar-refractivity contribution < 1.29 is 9.30 Å². The first-order valence-electron chi connectivity index (χ1n) is 10.8. The molecule has 3 heteroatoms. The molecule has 0 aliphatic heterocycles. The molecule has 0 unspecified atom stereocenters. The molecule has 2 aromatic rings. The largest absolute Gasteiger partial charge is 0.342 e. The fourth-order valence-corrected chi connectivity index (χ4v) is 3.85. The van der Waals surface area contributed by atoms with Gasteiger partial charge in [0.05, 0.1) is 13.7 Å². The molecule has 0 amide bonds. The van der Waals surface area contributed by atoms with E-state index < -0.39 is 0 Å². The molecule has 0 aliphatic rings. The Morgan fingerprint density at radius 2 is 1.46 bits per heavy atom. The van der Waals surface area contributed by atoms with Crippen LogP contribution >= 0.6 is 0 Å². The lowest BCUT2D eigenvalue weighted by Crippen LogP contribution is -2.32. The van der Waals surface area contributed by atoms with Crippen LogP contribution in [0.5, 0.6) is 0 Å². The van der Waals surface area contributed by atoms with E-state index in [-0.39, 0.29) is 0 Å². The van der Waals surface area contributed by atoms with Gasteiger partial charge in [0, 0.05) is 6.42 Å². The van der Waals surface area contributed by atoms with Gasteiger partial charge in [-0.2, -0.15) is 0 Å². The zero-order valence-corrected chi connectivity index (χ0v) is 17.3. The molecular formula is C23H39N2O+. The number of aromatic nitrogens is 2. The van der Waals surface area contributed by atoms with E-state index in [1.165, 1.54) is 81.1 Å². The number of benzene rings is 1. The van der Waals surface area contributed by atoms with Gasteiger partial charge in [0.2, 0.25) is 0 Å². The summed E-state index contributed by atoms with van der Waals surface area (Å²) in [5.41, 5.74) is 2.56. The van der Waals surface area contributed by atoms with Crippen molar-refractivity contribution in [3.05, 3.63) is 30.1 Å². The summed E-state index contributed by atoms with van der Waals surface area (Å²) in [6, 6.07) is 8.60. The van der Waals surface area contributed by atoms with Crippen LogP contribution in [-0.4, -0.2) is 11.2 Å². The molecule has 2 rings (SSSR count). The van der Waals surface area contributed by atoms with Gasteiger partial charge in [0.1, 0.15) is 0 Å². The lowest BCUT2D eigenvalue weighted by Gasteiger charge is -2.05. The van der Waals surface area contributed by atoms with Gasteiger partial charge >= 0.3 is 0 Å². The molecular weight excluding hydrogens is 320 g/mol. The second kappa shape index (κ2) is 12.1. The summed E-state index contributed by atoms with van der Waals surface area (Å²) in [4.78, 5) is 0. The Hall–Kier alpha value is -1.35. The zero-order valence-electron chi connectivity index (χ0n) is 17.3. The zero-order chi connectivity index (χ0) is 18.6. The van der Waals surface area contributed by atoms with Crippen molar-refractivity contribution >= 4 is 11.0 Å². The SMILES string of the molecule is CCCCCCCCCCCCOCn1c(CC)[n+](C)c2ccccc21. The van der Waals surface area contributed by atoms with Crippen LogP contribution in [0.3, 0.4) is 0 Å². The third kappa shape index (κ3) is 6.12. The van der Waals surface area contributed by atoms with Crippen LogP contribution in [0, 0.1) is 0 Å². The number of hydrogen-bond acceptors (Lipinski definition) is 1. The van der Waals surface area contributed by atoms with E-state index in [4.69, 9.17) is 4.74 Å². The normalized spacial score (nSPS) is 11.5. The van der Waals surface area contributed by atoms with Crippen molar-refractivity contribution in [1.29, 1.82) is 0 Å². The maximum Gasteiger partial charge on any atom is 0.258 e. The molecule has 0 N–H and O–H groups in total. The van der Waals surface area contributed by atoms with Gasteiger partial charge in [-0.25, -0.2) is 9.13 Å². The van der Waals surface area contributed by atoms with E-state index in [1.54, 1.807) is 0 Å². The van der Waals surface area contributed by atoms with Crippen LogP contribution in [0.2, 0.25) is 0 Å². The van der Waals surface area contributed by atoms with Gasteiger partial charge < -0.3 is 4.74 Å². The lowest BCUT2D eigenvalue weighted by molar-refractivity contribution is -0.654. The van der Waals surface area contributed by atoms with Gasteiger partial charge in [0.15, 0.2) is 17.8 Å². The van der Waals surface area contributed by atoms with E-state index in [0.717, 1.165) is 13.0 Å². The third-order valence-electron chi connectivity index (χ3n) is 5.41. The highest BCUT2D eigenvalue weighted by atomic mass is 16.5. The number of hydrogen-bond donors (Lipinski definition) is 0. The van der Waals surface area contributed by atoms with E-state index in [9.17, 15) is 0 Å². The molecule has 0 saturated heterocycles. The standard InChI is InChI=1S/C23H39N2O/c1-4-6-7-8-9-10-11-12-13-16-19-26-20-25-22-18-15-14-17-21(22)24(3)23(25)5-2/h14-15,17-18H,4-13,16,19-20H2,1-3H3/q+1. The molecule has 0 fully saturated rings. The quantitative estimate of drug-likeness (QED) is 0.302. The Balaban J connectivity index is 1.61. The van der Waals surface area contributed by atoms with Gasteiger partial charge in [-0.3, -0.25) is 0 Å². The van der Waals surface area contributed by atoms with Crippen LogP contribution in [0.15, 0.2) is 24.3 Å². The first kappa shape index (κ1) is 21.0. The van der Waals surface area contributed by atoms with Crippen LogP contribution < -0.4 is 4.57 Å². The van der Waals surface area contributed by atoms with Crippen LogP contribution in [0.25, 0.3) is 11.0 Å². The van der Waals surface area contributed by atoms with Crippen molar-refractivity contribution in [2.45, 2.75) is 91.2 Å². The minimum absolute atomic E-state index is 0.669. The van der Waals surface area contributed by atoms with Crippen LogP contribution in [-0.2, 0) is 24.9 Å². The summed E-state index contributed by atoms with van der Waals surface area (Å²) in [7, 11) is 2.15. The number of imidazole rings is 1. The molecule has 1 heterocycles. The van der Waals surface area contributed by atoms with Crippen molar-refractivity contribution in [3.8, 4) is 0 Å². The molecule has 0 spiro atoms. The number of fused-ring (bicyclic) bond motifs is 1. The minimum atomic E-state index is 0.669. The Labute approximate surface area is 160 Å². The molecule has 146 valence electrons. The van der Waals surface area contributed by atoms with Gasteiger partial charge in [-0.15, -0.1) is 0 Å². The Morgan fingerprint density at radius 1 is 0.846 bits per heavy atom. The van der Waals surface area contributed by atoms with Crippen LogP contribution in [0.4, 0.5) is 0 Å². The maximum absolute atomic E-state index is 6.01. The topological polar surface area (TPSA) is 18.0 Å². The van der Waals surface area contributed by atoms with Crippen LogP contribution in [0.1, 0.15) is 83.9 Å². The van der Waals surface area contributed by atoms with Crippen molar-refractivity contribution in [2.24, 2.45) is 7.05 Å². The van der Waals surface area contributed by atoms with E-state index in [2.05, 4.69) is 54.3 Å². The second-order valence-electron chi connectivity index (χ2n) is 7.46. The monoisotopic (exact) mass is 359 g/mol. The third-order valence-corrected chi connectivity index (χ3v) is 5.41. The molecule has 1 aromatic heterocycles. The van der Waals surface area contributed by atoms with Crippen molar-refractivity contribution in [2.75, 3.05) is 6.61 Å². The summed E-state index contributed by atoms with van der Waals surface area (Å²) in [6.07, 6.45) is 14.7. The molecule has 1 aromatic carbocycles. The minimum Gasteiger partial charge on any atom is -0.342 e. The predicted octanol–water partition coefficient (Wildman–Crippen LogP) is 5.92. The first-order chi connectivity index (χ1) is 12.8. The molecule has 0 bridgehead atoms. The first-order valence-corrected chi connectivity index (χ1v) is 10.8. The summed E-state index contributed by atoms with van der Waals surface area (Å²) >= 11 is 0. The smallest absolute Gasteiger partial charge is 0.258 e. The molecule has 0 radical (unpaired) electrons. The Bertz CT molecular complexity index is 632. The highest BCUT2D eigenvalue weighted by Gasteiger charge is 2.20. The molecule has 0 saturated carbocycles. The van der Waals surface area contributed by atoms with Crippen molar-refractivity contribution in [1.82, 2.24) is 4.57 Å². The number of rotatable bonds is 14. The number of aryl methyl sites for hydroxylation is 1.